The van der Waals surface area contributed by atoms with Crippen LogP contribution in [0.1, 0.15) is 59.8 Å². The highest BCUT2D eigenvalue weighted by atomic mass is 32.2. The normalized spacial score (nSPS) is 31.9. The summed E-state index contributed by atoms with van der Waals surface area (Å²) in [5.41, 5.74) is 4.37. The van der Waals surface area contributed by atoms with Crippen molar-refractivity contribution >= 4 is 27.6 Å². The maximum atomic E-state index is 13.4. The molecule has 2 amide bonds. The molecule has 8 nitrogen and oxygen atoms in total. The number of carbonyl (C=O) groups is 3. The lowest BCUT2D eigenvalue weighted by atomic mass is 9.70. The predicted octanol–water partition coefficient (Wildman–Crippen LogP) is 0.898. The third-order valence-electron chi connectivity index (χ3n) is 7.65. The van der Waals surface area contributed by atoms with E-state index < -0.39 is 38.8 Å². The van der Waals surface area contributed by atoms with Crippen LogP contribution in [0, 0.1) is 16.7 Å². The molecular weight excluding hydrogens is 394 g/mol. The number of sulfonamides is 1. The molecule has 2 bridgehead atoms. The maximum Gasteiger partial charge on any atom is 0.258 e. The number of likely N-dealkylation sites (N-methyl/N-ethyl adjacent to an activating group) is 1. The van der Waals surface area contributed by atoms with Gasteiger partial charge < -0.3 is 10.6 Å². The minimum Gasteiger partial charge on any atom is -0.329 e. The Hall–Kier alpha value is -1.48. The molecule has 0 spiro atoms. The van der Waals surface area contributed by atoms with Crippen molar-refractivity contribution in [3.05, 3.63) is 0 Å². The number of likely N-dealkylation sites (tertiary alicyclic amines) is 1. The van der Waals surface area contributed by atoms with Crippen LogP contribution < -0.4 is 5.73 Å². The number of carbonyl (C=O) groups excluding carboxylic acids is 3. The van der Waals surface area contributed by atoms with Crippen molar-refractivity contribution in [2.24, 2.45) is 22.5 Å². The van der Waals surface area contributed by atoms with E-state index in [1.807, 2.05) is 13.8 Å². The number of Topliss-reactive ketones (excluding diaryl/α,β-unsaturated/α-hetero) is 1. The molecule has 3 fully saturated rings. The molecule has 1 aliphatic heterocycles. The van der Waals surface area contributed by atoms with Gasteiger partial charge in [0.05, 0.1) is 17.2 Å². The highest BCUT2D eigenvalue weighted by Crippen LogP contribution is 2.64. The fraction of sp³-hybridized carbons (Fsp3) is 0.850. The molecule has 0 aromatic heterocycles. The third-order valence-corrected chi connectivity index (χ3v) is 9.61. The first-order valence-electron chi connectivity index (χ1n) is 10.5. The van der Waals surface area contributed by atoms with Gasteiger partial charge in [0.15, 0.2) is 0 Å². The molecule has 3 aliphatic rings. The summed E-state index contributed by atoms with van der Waals surface area (Å²) < 4.78 is 27.6. The average molecular weight is 428 g/mol. The van der Waals surface area contributed by atoms with Gasteiger partial charge >= 0.3 is 0 Å². The molecule has 1 saturated heterocycles. The number of nitrogens with zero attached hydrogens (tertiary/aromatic N) is 2. The van der Waals surface area contributed by atoms with Crippen molar-refractivity contribution in [2.45, 2.75) is 71.9 Å². The van der Waals surface area contributed by atoms with Crippen molar-refractivity contribution in [1.29, 1.82) is 0 Å². The molecule has 2 unspecified atom stereocenters. The average Bonchev–Trinajstić information content (AvgIpc) is 3.24. The van der Waals surface area contributed by atoms with Gasteiger partial charge in [-0.25, -0.2) is 12.7 Å². The van der Waals surface area contributed by atoms with Crippen LogP contribution in [0.25, 0.3) is 0 Å². The van der Waals surface area contributed by atoms with Gasteiger partial charge in [-0.15, -0.1) is 0 Å². The Labute approximate surface area is 173 Å². The summed E-state index contributed by atoms with van der Waals surface area (Å²) in [5.74, 6) is -1.08. The summed E-state index contributed by atoms with van der Waals surface area (Å²) in [7, 11) is -4.02. The van der Waals surface area contributed by atoms with E-state index in [0.717, 1.165) is 10.7 Å². The van der Waals surface area contributed by atoms with Gasteiger partial charge in [0.1, 0.15) is 11.8 Å². The maximum absolute atomic E-state index is 13.4. The van der Waals surface area contributed by atoms with Crippen LogP contribution >= 0.6 is 0 Å². The number of hydrogen-bond donors (Lipinski definition) is 1. The van der Waals surface area contributed by atoms with E-state index in [1.54, 1.807) is 13.8 Å². The van der Waals surface area contributed by atoms with Gasteiger partial charge in [0, 0.05) is 19.5 Å². The van der Waals surface area contributed by atoms with Gasteiger partial charge in [0.25, 0.3) is 5.91 Å². The molecule has 29 heavy (non-hydrogen) atoms. The van der Waals surface area contributed by atoms with Crippen molar-refractivity contribution < 1.29 is 22.8 Å². The SMILES string of the molecule is CCN(C(=O)[C@@H]1CCCN1C(=O)[C@H](C)N)S(=O)(=O)CC12CCC(CC1=O)C2(C)C. The monoisotopic (exact) mass is 427 g/mol. The largest absolute Gasteiger partial charge is 0.329 e. The summed E-state index contributed by atoms with van der Waals surface area (Å²) in [4.78, 5) is 39.7. The van der Waals surface area contributed by atoms with Crippen LogP contribution in [-0.2, 0) is 24.4 Å². The zero-order valence-electron chi connectivity index (χ0n) is 17.8. The summed E-state index contributed by atoms with van der Waals surface area (Å²) in [6.45, 7) is 7.49. The topological polar surface area (TPSA) is 118 Å². The Morgan fingerprint density at radius 2 is 1.97 bits per heavy atom. The second kappa shape index (κ2) is 7.34. The van der Waals surface area contributed by atoms with E-state index in [4.69, 9.17) is 5.73 Å². The van der Waals surface area contributed by atoms with Crippen LogP contribution in [-0.4, -0.2) is 66.1 Å². The Morgan fingerprint density at radius 1 is 1.31 bits per heavy atom. The molecule has 164 valence electrons. The lowest BCUT2D eigenvalue weighted by Gasteiger charge is -2.38. The Kier molecular flexibility index (Phi) is 5.62. The highest BCUT2D eigenvalue weighted by molar-refractivity contribution is 7.89. The van der Waals surface area contributed by atoms with Crippen LogP contribution in [0.5, 0.6) is 0 Å². The molecular formula is C20H33N3O5S. The minimum atomic E-state index is -4.02. The van der Waals surface area contributed by atoms with Crippen LogP contribution in [0.4, 0.5) is 0 Å². The van der Waals surface area contributed by atoms with Crippen molar-refractivity contribution in [3.63, 3.8) is 0 Å². The van der Waals surface area contributed by atoms with Crippen LogP contribution in [0.2, 0.25) is 0 Å². The second-order valence-corrected chi connectivity index (χ2v) is 11.3. The fourth-order valence-electron chi connectivity index (χ4n) is 5.70. The third kappa shape index (κ3) is 3.30. The first-order chi connectivity index (χ1) is 13.4. The van der Waals surface area contributed by atoms with Gasteiger partial charge in [0.2, 0.25) is 15.9 Å². The first kappa shape index (κ1) is 22.2. The zero-order valence-corrected chi connectivity index (χ0v) is 18.6. The smallest absolute Gasteiger partial charge is 0.258 e. The number of hydrogen-bond acceptors (Lipinski definition) is 6. The second-order valence-electron chi connectivity index (χ2n) is 9.40. The lowest BCUT2D eigenvalue weighted by molar-refractivity contribution is -0.141. The van der Waals surface area contributed by atoms with E-state index in [-0.39, 0.29) is 29.9 Å². The molecule has 0 aromatic carbocycles. The molecule has 0 radical (unpaired) electrons. The molecule has 9 heteroatoms. The highest BCUT2D eigenvalue weighted by Gasteiger charge is 2.65. The molecule has 4 atom stereocenters. The number of ketones is 1. The molecule has 3 rings (SSSR count). The number of nitrogens with two attached hydrogens (primary N) is 1. The van der Waals surface area contributed by atoms with Crippen molar-refractivity contribution in [1.82, 2.24) is 9.21 Å². The van der Waals surface area contributed by atoms with Crippen LogP contribution in [0.3, 0.4) is 0 Å². The molecule has 2 N–H and O–H groups in total. The van der Waals surface area contributed by atoms with Crippen molar-refractivity contribution in [3.8, 4) is 0 Å². The van der Waals surface area contributed by atoms with Crippen molar-refractivity contribution in [2.75, 3.05) is 18.8 Å². The minimum absolute atomic E-state index is 0.000421. The van der Waals surface area contributed by atoms with Gasteiger partial charge in [-0.2, -0.15) is 0 Å². The van der Waals surface area contributed by atoms with E-state index in [9.17, 15) is 22.8 Å². The number of fused-ring (bicyclic) bond motifs is 2. The summed E-state index contributed by atoms with van der Waals surface area (Å²) in [6, 6.07) is -1.56. The first-order valence-corrected chi connectivity index (χ1v) is 12.1. The summed E-state index contributed by atoms with van der Waals surface area (Å²) in [6.07, 6.45) is 2.85. The van der Waals surface area contributed by atoms with E-state index in [1.165, 1.54) is 4.90 Å². The quantitative estimate of drug-likeness (QED) is 0.673. The summed E-state index contributed by atoms with van der Waals surface area (Å²) >= 11 is 0. The lowest BCUT2D eigenvalue weighted by Crippen LogP contribution is -2.54. The van der Waals surface area contributed by atoms with Gasteiger partial charge in [-0.3, -0.25) is 14.4 Å². The predicted molar refractivity (Wildman–Crippen MR) is 108 cm³/mol. The Bertz CT molecular complexity index is 822. The van der Waals surface area contributed by atoms with Gasteiger partial charge in [-0.1, -0.05) is 13.8 Å². The molecule has 1 heterocycles. The molecule has 2 aliphatic carbocycles. The van der Waals surface area contributed by atoms with E-state index in [2.05, 4.69) is 0 Å². The van der Waals surface area contributed by atoms with Gasteiger partial charge in [-0.05, 0) is 50.9 Å². The fourth-order valence-corrected chi connectivity index (χ4v) is 7.95. The molecule has 0 aromatic rings. The van der Waals surface area contributed by atoms with E-state index >= 15 is 0 Å². The molecule has 2 saturated carbocycles. The standard InChI is InChI=1S/C20H33N3O5S/c1-5-23(18(26)15-7-6-10-22(15)17(25)13(2)21)29(27,28)12-20-9-8-14(11-16(20)24)19(20,3)4/h13-15H,5-12,21H2,1-4H3/t13-,14?,15-,20?/m0/s1. The summed E-state index contributed by atoms with van der Waals surface area (Å²) in [5, 5.41) is 0. The Morgan fingerprint density at radius 3 is 2.45 bits per heavy atom. The number of amides is 2. The zero-order chi connectivity index (χ0) is 21.8. The number of rotatable bonds is 6. The Balaban J connectivity index is 1.86. The van der Waals surface area contributed by atoms with Crippen LogP contribution in [0.15, 0.2) is 0 Å². The van der Waals surface area contributed by atoms with E-state index in [0.29, 0.717) is 32.2 Å².